The molecule has 158 valence electrons. The van der Waals surface area contributed by atoms with Crippen molar-refractivity contribution in [1.82, 2.24) is 4.90 Å². The number of amides is 1. The second kappa shape index (κ2) is 10.4. The molecule has 30 heavy (non-hydrogen) atoms. The average molecular weight is 510 g/mol. The highest BCUT2D eigenvalue weighted by molar-refractivity contribution is 9.10. The van der Waals surface area contributed by atoms with Crippen molar-refractivity contribution in [3.63, 3.8) is 0 Å². The van der Waals surface area contributed by atoms with Gasteiger partial charge in [0.05, 0.1) is 17.0 Å². The Hall–Kier alpha value is -1.96. The van der Waals surface area contributed by atoms with Gasteiger partial charge in [0.15, 0.2) is 16.7 Å². The quantitative estimate of drug-likeness (QED) is 0.429. The molecule has 0 aromatic heterocycles. The van der Waals surface area contributed by atoms with Crippen molar-refractivity contribution in [2.45, 2.75) is 20.5 Å². The van der Waals surface area contributed by atoms with Gasteiger partial charge in [-0.1, -0.05) is 39.7 Å². The Bertz CT molecular complexity index is 993. The van der Waals surface area contributed by atoms with Gasteiger partial charge < -0.3 is 9.47 Å². The van der Waals surface area contributed by atoms with Gasteiger partial charge in [-0.2, -0.15) is 0 Å². The second-order valence-corrected chi connectivity index (χ2v) is 8.70. The van der Waals surface area contributed by atoms with Gasteiger partial charge >= 0.3 is 0 Å². The number of hydrogen-bond donors (Lipinski definition) is 0. The van der Waals surface area contributed by atoms with E-state index in [0.717, 1.165) is 20.8 Å². The minimum Gasteiger partial charge on any atom is -0.493 e. The Morgan fingerprint density at radius 2 is 1.97 bits per heavy atom. The first-order valence-corrected chi connectivity index (χ1v) is 11.5. The molecule has 0 spiro atoms. The number of likely N-dealkylation sites (N-methyl/N-ethyl adjacent to an activating group) is 1. The first-order valence-electron chi connectivity index (χ1n) is 9.47. The molecule has 8 heteroatoms. The molecule has 1 amide bonds. The maximum Gasteiger partial charge on any atom is 0.266 e. The molecule has 2 aromatic rings. The summed E-state index contributed by atoms with van der Waals surface area (Å²) in [7, 11) is 1.56. The van der Waals surface area contributed by atoms with E-state index in [1.54, 1.807) is 24.2 Å². The van der Waals surface area contributed by atoms with Crippen LogP contribution in [0, 0.1) is 0 Å². The van der Waals surface area contributed by atoms with Crippen LogP contribution in [0.3, 0.4) is 0 Å². The lowest BCUT2D eigenvalue weighted by Crippen LogP contribution is -2.28. The van der Waals surface area contributed by atoms with Crippen LogP contribution in [0.2, 0.25) is 5.02 Å². The molecule has 0 bridgehead atoms. The zero-order chi connectivity index (χ0) is 21.7. The van der Waals surface area contributed by atoms with E-state index in [1.807, 2.05) is 44.2 Å². The molecule has 0 unspecified atom stereocenters. The number of carbonyl (C=O) groups is 1. The van der Waals surface area contributed by atoms with Crippen LogP contribution in [0.5, 0.6) is 11.5 Å². The lowest BCUT2D eigenvalue weighted by atomic mass is 10.1. The number of aliphatic imine (C=N–C) groups is 1. The van der Waals surface area contributed by atoms with Crippen molar-refractivity contribution in [1.29, 1.82) is 0 Å². The van der Waals surface area contributed by atoms with Gasteiger partial charge in [0.1, 0.15) is 6.61 Å². The molecule has 0 N–H and O–H groups in total. The van der Waals surface area contributed by atoms with Crippen molar-refractivity contribution >= 4 is 56.4 Å². The van der Waals surface area contributed by atoms with Crippen LogP contribution in [0.15, 0.2) is 50.8 Å². The Morgan fingerprint density at radius 1 is 1.23 bits per heavy atom. The summed E-state index contributed by atoms with van der Waals surface area (Å²) in [5, 5.41) is 1.15. The number of ether oxygens (including phenoxy) is 2. The molecule has 1 heterocycles. The molecule has 1 aliphatic heterocycles. The topological polar surface area (TPSA) is 51.1 Å². The van der Waals surface area contributed by atoms with Crippen molar-refractivity contribution in [3.8, 4) is 11.5 Å². The van der Waals surface area contributed by atoms with E-state index in [-0.39, 0.29) is 5.91 Å². The highest BCUT2D eigenvalue weighted by Crippen LogP contribution is 2.39. The lowest BCUT2D eigenvalue weighted by molar-refractivity contribution is -0.122. The number of nitrogens with zero attached hydrogens (tertiary/aromatic N) is 2. The minimum atomic E-state index is -0.0552. The highest BCUT2D eigenvalue weighted by atomic mass is 79.9. The summed E-state index contributed by atoms with van der Waals surface area (Å²) < 4.78 is 12.4. The summed E-state index contributed by atoms with van der Waals surface area (Å²) in [6, 6.07) is 11.4. The number of methoxy groups -OCH3 is 1. The summed E-state index contributed by atoms with van der Waals surface area (Å²) in [4.78, 5) is 19.4. The summed E-state index contributed by atoms with van der Waals surface area (Å²) in [6.45, 7) is 5.45. The zero-order valence-electron chi connectivity index (χ0n) is 16.9. The molecule has 0 aliphatic carbocycles. The molecule has 0 radical (unpaired) electrons. The third-order valence-electron chi connectivity index (χ3n) is 4.34. The van der Waals surface area contributed by atoms with Crippen molar-refractivity contribution in [3.05, 3.63) is 61.9 Å². The van der Waals surface area contributed by atoms with Crippen LogP contribution in [0.25, 0.3) is 6.08 Å². The van der Waals surface area contributed by atoms with Gasteiger partial charge in [0.2, 0.25) is 0 Å². The Morgan fingerprint density at radius 3 is 2.60 bits per heavy atom. The van der Waals surface area contributed by atoms with Gasteiger partial charge in [-0.15, -0.1) is 0 Å². The maximum absolute atomic E-state index is 12.7. The van der Waals surface area contributed by atoms with E-state index >= 15 is 0 Å². The Labute approximate surface area is 194 Å². The lowest BCUT2D eigenvalue weighted by Gasteiger charge is -2.14. The number of amidine groups is 1. The summed E-state index contributed by atoms with van der Waals surface area (Å²) in [5.74, 6) is 0.926. The molecule has 1 saturated heterocycles. The number of halogens is 2. The van der Waals surface area contributed by atoms with Gasteiger partial charge in [0.25, 0.3) is 5.91 Å². The van der Waals surface area contributed by atoms with Crippen LogP contribution >= 0.6 is 39.3 Å². The van der Waals surface area contributed by atoms with Crippen molar-refractivity contribution < 1.29 is 14.3 Å². The van der Waals surface area contributed by atoms with Gasteiger partial charge in [0, 0.05) is 17.6 Å². The molecule has 1 fully saturated rings. The Kier molecular flexibility index (Phi) is 7.86. The number of carbonyl (C=O) groups excluding carboxylic acids is 1. The fraction of sp³-hybridized carbons (Fsp3) is 0.273. The zero-order valence-corrected chi connectivity index (χ0v) is 20.1. The smallest absolute Gasteiger partial charge is 0.266 e. The molecule has 2 aromatic carbocycles. The number of hydrogen-bond acceptors (Lipinski definition) is 5. The fourth-order valence-electron chi connectivity index (χ4n) is 2.89. The number of benzene rings is 2. The predicted molar refractivity (Wildman–Crippen MR) is 127 cm³/mol. The summed E-state index contributed by atoms with van der Waals surface area (Å²) in [6.07, 6.45) is 1.81. The standard InChI is InChI=1S/C22H22BrClN2O3S/c1-4-25-22-26(5-2)21(27)19(30-22)12-15-10-17(24)20(18(11-15)28-3)29-13-14-6-8-16(23)9-7-14/h6-12H,4-5,13H2,1-3H3/b19-12+,25-22?. The number of rotatable bonds is 7. The molecule has 5 nitrogen and oxygen atoms in total. The van der Waals surface area contributed by atoms with E-state index in [0.29, 0.717) is 41.1 Å². The van der Waals surface area contributed by atoms with E-state index in [2.05, 4.69) is 20.9 Å². The first kappa shape index (κ1) is 22.7. The van der Waals surface area contributed by atoms with E-state index in [9.17, 15) is 4.79 Å². The monoisotopic (exact) mass is 508 g/mol. The van der Waals surface area contributed by atoms with E-state index in [4.69, 9.17) is 21.1 Å². The van der Waals surface area contributed by atoms with Crippen molar-refractivity contribution in [2.24, 2.45) is 4.99 Å². The number of thioether (sulfide) groups is 1. The molecular weight excluding hydrogens is 488 g/mol. The minimum absolute atomic E-state index is 0.0552. The second-order valence-electron chi connectivity index (χ2n) is 6.37. The van der Waals surface area contributed by atoms with Crippen LogP contribution in [-0.2, 0) is 11.4 Å². The highest BCUT2D eigenvalue weighted by Gasteiger charge is 2.31. The molecule has 3 rings (SSSR count). The SMILES string of the molecule is CCN=C1S/C(=C/c2cc(Cl)c(OCc3ccc(Br)cc3)c(OC)c2)C(=O)N1CC. The molecule has 1 aliphatic rings. The van der Waals surface area contributed by atoms with Crippen LogP contribution < -0.4 is 9.47 Å². The average Bonchev–Trinajstić information content (AvgIpc) is 3.02. The molecule has 0 saturated carbocycles. The normalized spacial score (nSPS) is 16.6. The molecule has 0 atom stereocenters. The molecular formula is C22H22BrClN2O3S. The van der Waals surface area contributed by atoms with E-state index < -0.39 is 0 Å². The first-order chi connectivity index (χ1) is 14.5. The largest absolute Gasteiger partial charge is 0.493 e. The van der Waals surface area contributed by atoms with Crippen LogP contribution in [0.1, 0.15) is 25.0 Å². The van der Waals surface area contributed by atoms with E-state index in [1.165, 1.54) is 11.8 Å². The fourth-order valence-corrected chi connectivity index (χ4v) is 4.53. The third-order valence-corrected chi connectivity index (χ3v) is 6.20. The third kappa shape index (κ3) is 5.20. The van der Waals surface area contributed by atoms with Crippen molar-refractivity contribution in [2.75, 3.05) is 20.2 Å². The maximum atomic E-state index is 12.7. The van der Waals surface area contributed by atoms with Crippen LogP contribution in [-0.4, -0.2) is 36.2 Å². The summed E-state index contributed by atoms with van der Waals surface area (Å²) in [5.41, 5.74) is 1.77. The Balaban J connectivity index is 1.84. The predicted octanol–water partition coefficient (Wildman–Crippen LogP) is 6.00. The summed E-state index contributed by atoms with van der Waals surface area (Å²) >= 11 is 11.3. The van der Waals surface area contributed by atoms with Gasteiger partial charge in [-0.25, -0.2) is 0 Å². The van der Waals surface area contributed by atoms with Gasteiger partial charge in [-0.3, -0.25) is 14.7 Å². The van der Waals surface area contributed by atoms with Gasteiger partial charge in [-0.05, 0) is 67.1 Å². The van der Waals surface area contributed by atoms with Crippen LogP contribution in [0.4, 0.5) is 0 Å².